The first-order valence-electron chi connectivity index (χ1n) is 10.7. The minimum Gasteiger partial charge on any atom is -0.348 e. The Labute approximate surface area is 209 Å². The van der Waals surface area contributed by atoms with Crippen LogP contribution < -0.4 is 16.0 Å². The van der Waals surface area contributed by atoms with E-state index in [0.29, 0.717) is 29.1 Å². The lowest BCUT2D eigenvalue weighted by atomic mass is 9.96. The van der Waals surface area contributed by atoms with E-state index in [1.807, 2.05) is 46.5 Å². The van der Waals surface area contributed by atoms with Crippen molar-refractivity contribution in [3.05, 3.63) is 98.6 Å². The molecule has 0 unspecified atom stereocenters. The van der Waals surface area contributed by atoms with E-state index in [1.165, 1.54) is 6.07 Å². The fourth-order valence-corrected chi connectivity index (χ4v) is 5.44. The van der Waals surface area contributed by atoms with Crippen molar-refractivity contribution in [3.8, 4) is 11.1 Å². The first-order chi connectivity index (χ1) is 17.0. The molecule has 3 N–H and O–H groups in total. The van der Waals surface area contributed by atoms with Gasteiger partial charge in [-0.15, -0.1) is 0 Å². The van der Waals surface area contributed by atoms with E-state index < -0.39 is 32.4 Å². The molecule has 3 aromatic carbocycles. The van der Waals surface area contributed by atoms with Gasteiger partial charge >= 0.3 is 0 Å². The molecule has 0 radical (unpaired) electrons. The van der Waals surface area contributed by atoms with Crippen molar-refractivity contribution in [2.24, 2.45) is 4.99 Å². The molecule has 0 spiro atoms. The van der Waals surface area contributed by atoms with Crippen LogP contribution in [0.15, 0.2) is 75.3 Å². The molecule has 5 rings (SSSR count). The number of nitrogens with one attached hydrogen (secondary N) is 3. The molecule has 0 aromatic heterocycles. The summed E-state index contributed by atoms with van der Waals surface area (Å²) in [6, 6.07) is 16.9. The number of hydrogen-bond acceptors (Lipinski definition) is 4. The van der Waals surface area contributed by atoms with Crippen LogP contribution in [0.3, 0.4) is 0 Å². The van der Waals surface area contributed by atoms with Gasteiger partial charge in [0.2, 0.25) is 0 Å². The van der Waals surface area contributed by atoms with Crippen LogP contribution in [-0.2, 0) is 17.9 Å². The molecule has 0 atom stereocenters. The number of aliphatic imine (C=N–C) groups is 1. The van der Waals surface area contributed by atoms with Gasteiger partial charge in [-0.05, 0) is 56.7 Å². The van der Waals surface area contributed by atoms with E-state index in [1.54, 1.807) is 4.14 Å². The molecule has 3 aromatic rings. The van der Waals surface area contributed by atoms with E-state index >= 15 is 0 Å². The maximum Gasteiger partial charge on any atom is 0.255 e. The average molecular weight is 584 g/mol. The maximum absolute atomic E-state index is 13.5. The standard InChI is InChI=1S/C26H19F2IN4O2/c27-22-8-7-15(9-23(22)28)12-30-26(35)20-11-29-14-32-24(20)33-17-4-1-3-16(10-17)18-5-2-6-19-21(18)13-31-25(19)34/h1-11,14H,12-13H2,(H,30,35)(H,31,34)(H,32,33). The second kappa shape index (κ2) is 9.87. The van der Waals surface area contributed by atoms with Crippen molar-refractivity contribution in [1.82, 2.24) is 10.6 Å². The van der Waals surface area contributed by atoms with E-state index in [2.05, 4.69) is 20.9 Å². The number of anilines is 1. The molecule has 0 saturated carbocycles. The number of carbonyl (C=O) groups excluding carboxylic acids is 2. The number of benzene rings is 3. The summed E-state index contributed by atoms with van der Waals surface area (Å²) in [6.07, 6.45) is 0. The van der Waals surface area contributed by atoms with Gasteiger partial charge in [-0.3, -0.25) is 9.59 Å². The highest BCUT2D eigenvalue weighted by molar-refractivity contribution is 14.2. The van der Waals surface area contributed by atoms with Crippen molar-refractivity contribution >= 4 is 48.2 Å². The van der Waals surface area contributed by atoms with Crippen LogP contribution in [0.4, 0.5) is 14.5 Å². The van der Waals surface area contributed by atoms with Crippen molar-refractivity contribution in [3.63, 3.8) is 0 Å². The lowest BCUT2D eigenvalue weighted by Crippen LogP contribution is -2.31. The van der Waals surface area contributed by atoms with Gasteiger partial charge in [0.05, 0.1) is 9.71 Å². The van der Waals surface area contributed by atoms with Gasteiger partial charge < -0.3 is 16.0 Å². The second-order valence-electron chi connectivity index (χ2n) is 7.88. The fourth-order valence-electron chi connectivity index (χ4n) is 3.90. The number of carbonyl (C=O) groups is 2. The summed E-state index contributed by atoms with van der Waals surface area (Å²) in [5, 5.41) is 8.83. The van der Waals surface area contributed by atoms with Crippen LogP contribution in [0.25, 0.3) is 11.1 Å². The predicted octanol–water partition coefficient (Wildman–Crippen LogP) is 4.63. The SMILES string of the molecule is O=C(NCc1ccc(F)c(F)c1)C1=CI=CN=C1Nc1cccc(-c2cccc3c2CNC3=O)c1. The third-order valence-corrected chi connectivity index (χ3v) is 7.21. The molecule has 0 saturated heterocycles. The molecule has 0 bridgehead atoms. The van der Waals surface area contributed by atoms with Crippen molar-refractivity contribution in [1.29, 1.82) is 0 Å². The largest absolute Gasteiger partial charge is 0.348 e. The third-order valence-electron chi connectivity index (χ3n) is 5.63. The third kappa shape index (κ3) is 4.90. The molecule has 2 aliphatic rings. The van der Waals surface area contributed by atoms with Gasteiger partial charge in [0.1, 0.15) is 5.84 Å². The van der Waals surface area contributed by atoms with Gasteiger partial charge in [0.25, 0.3) is 11.8 Å². The summed E-state index contributed by atoms with van der Waals surface area (Å²) in [6.45, 7) is 0.544. The van der Waals surface area contributed by atoms with Crippen LogP contribution in [0.2, 0.25) is 0 Å². The minimum absolute atomic E-state index is 0.0596. The Balaban J connectivity index is 1.33. The Hall–Kier alpha value is -3.73. The van der Waals surface area contributed by atoms with Crippen LogP contribution in [0.1, 0.15) is 21.5 Å². The number of nitrogens with zero attached hydrogens (tertiary/aromatic N) is 1. The quantitative estimate of drug-likeness (QED) is 0.383. The maximum atomic E-state index is 13.5. The van der Waals surface area contributed by atoms with E-state index in [9.17, 15) is 18.4 Å². The Bertz CT molecular complexity index is 1450. The number of amidine groups is 1. The molecule has 2 heterocycles. The number of amides is 2. The Kier molecular flexibility index (Phi) is 6.49. The number of hydrogen-bond donors (Lipinski definition) is 3. The normalized spacial score (nSPS) is 14.3. The Morgan fingerprint density at radius 2 is 1.86 bits per heavy atom. The number of halogens is 3. The minimum atomic E-state index is -0.956. The Morgan fingerprint density at radius 1 is 1.03 bits per heavy atom. The van der Waals surface area contributed by atoms with Crippen molar-refractivity contribution < 1.29 is 18.4 Å². The smallest absolute Gasteiger partial charge is 0.255 e. The van der Waals surface area contributed by atoms with Gasteiger partial charge in [-0.25, -0.2) is 13.8 Å². The summed E-state index contributed by atoms with van der Waals surface area (Å²) in [7, 11) is 0. The van der Waals surface area contributed by atoms with Gasteiger partial charge in [-0.2, -0.15) is 0 Å². The van der Waals surface area contributed by atoms with E-state index in [4.69, 9.17) is 0 Å². The zero-order chi connectivity index (χ0) is 24.4. The summed E-state index contributed by atoms with van der Waals surface area (Å²) >= 11 is -0.514. The predicted molar refractivity (Wildman–Crippen MR) is 140 cm³/mol. The first-order valence-corrected chi connectivity index (χ1v) is 13.2. The van der Waals surface area contributed by atoms with Crippen molar-refractivity contribution in [2.75, 3.05) is 5.32 Å². The number of fused-ring (bicyclic) bond motifs is 1. The van der Waals surface area contributed by atoms with Crippen LogP contribution in [-0.4, -0.2) is 21.8 Å². The molecule has 0 aliphatic carbocycles. The highest BCUT2D eigenvalue weighted by Gasteiger charge is 2.22. The molecular formula is C26H19F2IN4O2. The zero-order valence-electron chi connectivity index (χ0n) is 18.2. The van der Waals surface area contributed by atoms with Gasteiger partial charge in [0, 0.05) is 24.3 Å². The lowest BCUT2D eigenvalue weighted by molar-refractivity contribution is -0.117. The fraction of sp³-hybridized carbons (Fsp3) is 0.0769. The topological polar surface area (TPSA) is 82.6 Å². The molecule has 6 nitrogen and oxygen atoms in total. The molecule has 0 fully saturated rings. The molecule has 9 heteroatoms. The monoisotopic (exact) mass is 584 g/mol. The molecule has 2 aliphatic heterocycles. The average Bonchev–Trinajstić information content (AvgIpc) is 3.26. The molecule has 2 amide bonds. The zero-order valence-corrected chi connectivity index (χ0v) is 20.4. The van der Waals surface area contributed by atoms with Crippen LogP contribution in [0.5, 0.6) is 0 Å². The molecular weight excluding hydrogens is 565 g/mol. The summed E-state index contributed by atoms with van der Waals surface area (Å²) in [4.78, 5) is 29.3. The summed E-state index contributed by atoms with van der Waals surface area (Å²) < 4.78 is 30.3. The number of rotatable bonds is 5. The highest BCUT2D eigenvalue weighted by Crippen LogP contribution is 2.31. The van der Waals surface area contributed by atoms with Crippen molar-refractivity contribution in [2.45, 2.75) is 13.1 Å². The molecule has 176 valence electrons. The second-order valence-corrected chi connectivity index (χ2v) is 9.77. The summed E-state index contributed by atoms with van der Waals surface area (Å²) in [5.74, 6) is -1.90. The highest BCUT2D eigenvalue weighted by atomic mass is 127. The summed E-state index contributed by atoms with van der Waals surface area (Å²) in [5.41, 5.74) is 5.14. The van der Waals surface area contributed by atoms with E-state index in [-0.39, 0.29) is 18.4 Å². The van der Waals surface area contributed by atoms with Crippen LogP contribution >= 0.6 is 20.7 Å². The lowest BCUT2D eigenvalue weighted by Gasteiger charge is -2.16. The molecule has 35 heavy (non-hydrogen) atoms. The first kappa shape index (κ1) is 23.0. The van der Waals surface area contributed by atoms with Crippen LogP contribution in [0, 0.1) is 11.6 Å². The van der Waals surface area contributed by atoms with Gasteiger partial charge in [-0.1, -0.05) is 51.1 Å². The Morgan fingerprint density at radius 3 is 2.71 bits per heavy atom. The van der Waals surface area contributed by atoms with E-state index in [0.717, 1.165) is 34.5 Å². The van der Waals surface area contributed by atoms with Gasteiger partial charge in [0.15, 0.2) is 11.6 Å².